The molecule has 0 spiro atoms. The van der Waals surface area contributed by atoms with Gasteiger partial charge in [-0.25, -0.2) is 0 Å². The van der Waals surface area contributed by atoms with E-state index in [4.69, 9.17) is 10.5 Å². The first-order valence-corrected chi connectivity index (χ1v) is 6.02. The normalized spacial score (nSPS) is 36.0. The van der Waals surface area contributed by atoms with Gasteiger partial charge in [0.1, 0.15) is 0 Å². The van der Waals surface area contributed by atoms with Crippen molar-refractivity contribution in [1.29, 1.82) is 0 Å². The first-order valence-electron chi connectivity index (χ1n) is 4.63. The van der Waals surface area contributed by atoms with Crippen LogP contribution in [0.3, 0.4) is 0 Å². The van der Waals surface area contributed by atoms with Crippen LogP contribution in [-0.4, -0.2) is 39.9 Å². The Hall–Kier alpha value is 0.322. The molecule has 2 unspecified atom stereocenters. The van der Waals surface area contributed by atoms with Crippen molar-refractivity contribution in [2.45, 2.75) is 36.1 Å². The van der Waals surface area contributed by atoms with Crippen LogP contribution in [0, 0.1) is 0 Å². The summed E-state index contributed by atoms with van der Waals surface area (Å²) in [5, 5.41) is 4.07. The molecule has 2 nitrogen and oxygen atoms in total. The molecule has 2 atom stereocenters. The van der Waals surface area contributed by atoms with E-state index in [1.165, 1.54) is 19.3 Å². The van der Waals surface area contributed by atoms with Gasteiger partial charge in [0.05, 0.1) is 0 Å². The molecular weight excluding hydrogens is 165 g/mol. The molecule has 0 aliphatic heterocycles. The number of nitrogens with two attached hydrogens (primary N) is 1. The fourth-order valence-corrected chi connectivity index (χ4v) is 3.00. The van der Waals surface area contributed by atoms with Crippen molar-refractivity contribution in [3.8, 4) is 0 Å². The number of hydrogen-bond acceptors (Lipinski definition) is 2. The van der Waals surface area contributed by atoms with Crippen LogP contribution in [0.25, 0.3) is 0 Å². The van der Waals surface area contributed by atoms with Crippen LogP contribution >= 0.6 is 0 Å². The summed E-state index contributed by atoms with van der Waals surface area (Å²) >= 11 is 0.238. The zero-order valence-electron chi connectivity index (χ0n) is 7.88. The van der Waals surface area contributed by atoms with Gasteiger partial charge >= 0.3 is 80.4 Å². The fraction of sp³-hybridized carbons (Fsp3) is 0.889. The third kappa shape index (κ3) is 2.17. The SMILES string of the molecule is [CH2]=[Al][C]1(CN)CCCC(OC)C1. The molecule has 1 fully saturated rings. The molecule has 0 amide bonds. The van der Waals surface area contributed by atoms with Gasteiger partial charge in [0.15, 0.2) is 0 Å². The van der Waals surface area contributed by atoms with Gasteiger partial charge < -0.3 is 0 Å². The van der Waals surface area contributed by atoms with Crippen LogP contribution in [0.5, 0.6) is 0 Å². The van der Waals surface area contributed by atoms with Gasteiger partial charge in [-0.05, 0) is 0 Å². The average Bonchev–Trinajstić information content (AvgIpc) is 2.18. The van der Waals surface area contributed by atoms with Crippen LogP contribution in [0.15, 0.2) is 0 Å². The molecule has 1 rings (SSSR count). The first-order chi connectivity index (χ1) is 5.76. The Bertz CT molecular complexity index is 163. The molecule has 0 aromatic rings. The van der Waals surface area contributed by atoms with E-state index in [1.54, 1.807) is 7.11 Å². The molecule has 0 saturated heterocycles. The van der Waals surface area contributed by atoms with Crippen molar-refractivity contribution in [1.82, 2.24) is 0 Å². The van der Waals surface area contributed by atoms with E-state index in [0.717, 1.165) is 13.0 Å². The molecule has 0 aromatic heterocycles. The van der Waals surface area contributed by atoms with Gasteiger partial charge in [-0.2, -0.15) is 0 Å². The molecule has 12 heavy (non-hydrogen) atoms. The van der Waals surface area contributed by atoms with Gasteiger partial charge in [-0.3, -0.25) is 0 Å². The minimum absolute atomic E-state index is 0.238. The predicted molar refractivity (Wildman–Crippen MR) is 53.9 cm³/mol. The van der Waals surface area contributed by atoms with Crippen LogP contribution < -0.4 is 5.73 Å². The number of hydrogen-bond donors (Lipinski definition) is 1. The number of rotatable bonds is 3. The minimum atomic E-state index is 0.238. The Morgan fingerprint density at radius 3 is 3.00 bits per heavy atom. The molecule has 3 heteroatoms. The van der Waals surface area contributed by atoms with E-state index in [9.17, 15) is 0 Å². The van der Waals surface area contributed by atoms with E-state index < -0.39 is 0 Å². The molecule has 1 aliphatic carbocycles. The van der Waals surface area contributed by atoms with Crippen LogP contribution in [0.2, 0.25) is 4.28 Å². The molecule has 1 aliphatic rings. The Morgan fingerprint density at radius 2 is 2.50 bits per heavy atom. The summed E-state index contributed by atoms with van der Waals surface area (Å²) in [4.78, 5) is 0. The zero-order valence-corrected chi connectivity index (χ0v) is 9.04. The second kappa shape index (κ2) is 4.53. The Kier molecular flexibility index (Phi) is 3.93. The van der Waals surface area contributed by atoms with Crippen molar-refractivity contribution in [2.75, 3.05) is 13.7 Å². The van der Waals surface area contributed by atoms with Gasteiger partial charge in [0.2, 0.25) is 0 Å². The number of ether oxygens (including phenoxy) is 1. The summed E-state index contributed by atoms with van der Waals surface area (Å²) in [6.07, 6.45) is 5.31. The zero-order chi connectivity index (χ0) is 9.03. The predicted octanol–water partition coefficient (Wildman–Crippen LogP) is 0.829. The number of methoxy groups -OCH3 is 1. The van der Waals surface area contributed by atoms with Crippen molar-refractivity contribution in [3.63, 3.8) is 0 Å². The van der Waals surface area contributed by atoms with Crippen molar-refractivity contribution in [3.05, 3.63) is 0 Å². The fourth-order valence-electron chi connectivity index (χ4n) is 1.99. The maximum atomic E-state index is 5.79. The van der Waals surface area contributed by atoms with E-state index in [-0.39, 0.29) is 14.8 Å². The first kappa shape index (κ1) is 10.4. The third-order valence-electron chi connectivity index (χ3n) is 3.01. The quantitative estimate of drug-likeness (QED) is 0.658. The van der Waals surface area contributed by atoms with E-state index in [0.29, 0.717) is 10.4 Å². The van der Waals surface area contributed by atoms with Crippen molar-refractivity contribution in [2.24, 2.45) is 5.73 Å². The second-order valence-corrected chi connectivity index (χ2v) is 5.36. The van der Waals surface area contributed by atoms with Gasteiger partial charge in [-0.15, -0.1) is 0 Å². The van der Waals surface area contributed by atoms with Crippen LogP contribution in [0.4, 0.5) is 0 Å². The molecule has 2 N–H and O–H groups in total. The maximum absolute atomic E-state index is 5.79. The van der Waals surface area contributed by atoms with Gasteiger partial charge in [0, 0.05) is 0 Å². The molecule has 0 bridgehead atoms. The molecule has 1 saturated carbocycles. The summed E-state index contributed by atoms with van der Waals surface area (Å²) in [6.45, 7) is 0.797. The summed E-state index contributed by atoms with van der Waals surface area (Å²) in [5.41, 5.74) is 5.79. The van der Waals surface area contributed by atoms with Crippen molar-refractivity contribution >= 4 is 20.2 Å². The van der Waals surface area contributed by atoms with E-state index >= 15 is 0 Å². The van der Waals surface area contributed by atoms with Gasteiger partial charge in [0.25, 0.3) is 0 Å². The van der Waals surface area contributed by atoms with Gasteiger partial charge in [-0.1, -0.05) is 0 Å². The summed E-state index contributed by atoms with van der Waals surface area (Å²) in [7, 11) is 1.80. The molecule has 0 heterocycles. The molecule has 0 radical (unpaired) electrons. The Labute approximate surface area is 80.7 Å². The molecule has 0 aromatic carbocycles. The molecule has 68 valence electrons. The summed E-state index contributed by atoms with van der Waals surface area (Å²) < 4.78 is 5.74. The van der Waals surface area contributed by atoms with Crippen LogP contribution in [0.1, 0.15) is 25.7 Å². The second-order valence-electron chi connectivity index (χ2n) is 3.72. The molecular formula is C9H18AlNO. The summed E-state index contributed by atoms with van der Waals surface area (Å²) in [6, 6.07) is 0. The van der Waals surface area contributed by atoms with E-state index in [1.807, 2.05) is 0 Å². The summed E-state index contributed by atoms with van der Waals surface area (Å²) in [5.74, 6) is 0. The van der Waals surface area contributed by atoms with E-state index in [2.05, 4.69) is 5.39 Å². The Balaban J connectivity index is 2.58. The van der Waals surface area contributed by atoms with Crippen LogP contribution in [-0.2, 0) is 4.74 Å². The topological polar surface area (TPSA) is 35.2 Å². The third-order valence-corrected chi connectivity index (χ3v) is 4.63. The standard InChI is InChI=1S/C8H16NO.CH2.Al/c1-10-8-4-2-3-7(5-8)6-9;;/h8H,2-6,9H2,1H3;1H2;. The van der Waals surface area contributed by atoms with Crippen molar-refractivity contribution < 1.29 is 4.74 Å². The Morgan fingerprint density at radius 1 is 1.75 bits per heavy atom. The monoisotopic (exact) mass is 183 g/mol. The average molecular weight is 183 g/mol.